The molecular weight excluding hydrogens is 390 g/mol. The van der Waals surface area contributed by atoms with Crippen LogP contribution in [-0.2, 0) is 11.2 Å². The molecule has 1 amide bonds. The van der Waals surface area contributed by atoms with Crippen molar-refractivity contribution in [2.75, 3.05) is 11.1 Å². The van der Waals surface area contributed by atoms with Crippen LogP contribution in [0, 0.1) is 16.7 Å². The van der Waals surface area contributed by atoms with E-state index < -0.39 is 5.97 Å². The Kier molecular flexibility index (Phi) is 5.71. The van der Waals surface area contributed by atoms with E-state index in [0.29, 0.717) is 34.8 Å². The summed E-state index contributed by atoms with van der Waals surface area (Å²) in [6, 6.07) is 9.46. The number of amides is 1. The summed E-state index contributed by atoms with van der Waals surface area (Å²) in [5.41, 5.74) is 1.86. The van der Waals surface area contributed by atoms with Crippen LogP contribution in [0.15, 0.2) is 35.4 Å². The van der Waals surface area contributed by atoms with E-state index in [0.717, 1.165) is 11.8 Å². The molecule has 0 aliphatic heterocycles. The second kappa shape index (κ2) is 8.05. The number of carbonyl (C=O) groups excluding carboxylic acids is 2. The third kappa shape index (κ3) is 4.81. The largest absolute Gasteiger partial charge is 0.478 e. The number of thioether (sulfide) groups is 1. The van der Waals surface area contributed by atoms with Gasteiger partial charge in [0.25, 0.3) is 0 Å². The Hall–Kier alpha value is -3.18. The third-order valence-electron chi connectivity index (χ3n) is 4.53. The lowest BCUT2D eigenvalue weighted by Crippen LogP contribution is -2.28. The van der Waals surface area contributed by atoms with Crippen LogP contribution in [0.5, 0.6) is 0 Å². The molecule has 1 aromatic carbocycles. The van der Waals surface area contributed by atoms with Gasteiger partial charge in [0, 0.05) is 17.7 Å². The Balaban J connectivity index is 1.71. The molecule has 0 saturated heterocycles. The van der Waals surface area contributed by atoms with Gasteiger partial charge >= 0.3 is 5.97 Å². The Bertz CT molecular complexity index is 1040. The minimum Gasteiger partial charge on any atom is -0.478 e. The molecule has 1 aliphatic rings. The fourth-order valence-corrected chi connectivity index (χ4v) is 3.95. The first-order chi connectivity index (χ1) is 13.7. The van der Waals surface area contributed by atoms with Crippen molar-refractivity contribution in [2.24, 2.45) is 5.41 Å². The number of carbonyl (C=O) groups is 3. The van der Waals surface area contributed by atoms with E-state index in [4.69, 9.17) is 5.11 Å². The molecule has 0 unspecified atom stereocenters. The number of hydrogen-bond acceptors (Lipinski definition) is 6. The summed E-state index contributed by atoms with van der Waals surface area (Å²) in [5.74, 6) is -1.33. The number of rotatable bonds is 5. The minimum atomic E-state index is -1.04. The van der Waals surface area contributed by atoms with Crippen LogP contribution >= 0.6 is 11.8 Å². The van der Waals surface area contributed by atoms with Crippen LogP contribution in [0.2, 0.25) is 0 Å². The van der Waals surface area contributed by atoms with Crippen LogP contribution in [0.25, 0.3) is 0 Å². The maximum absolute atomic E-state index is 12.4. The van der Waals surface area contributed by atoms with Crippen LogP contribution in [-0.4, -0.2) is 33.5 Å². The van der Waals surface area contributed by atoms with Crippen LogP contribution < -0.4 is 5.32 Å². The summed E-state index contributed by atoms with van der Waals surface area (Å²) in [6.07, 6.45) is 1.05. The predicted molar refractivity (Wildman–Crippen MR) is 108 cm³/mol. The molecule has 0 atom stereocenters. The second-order valence-electron chi connectivity index (χ2n) is 7.61. The lowest BCUT2D eigenvalue weighted by molar-refractivity contribution is -0.113. The molecule has 0 bridgehead atoms. The first-order valence-electron chi connectivity index (χ1n) is 8.92. The van der Waals surface area contributed by atoms with Gasteiger partial charge in [0.15, 0.2) is 5.78 Å². The van der Waals surface area contributed by atoms with Gasteiger partial charge in [-0.05, 0) is 42.2 Å². The highest BCUT2D eigenvalue weighted by Crippen LogP contribution is 2.35. The van der Waals surface area contributed by atoms with E-state index in [1.807, 2.05) is 13.8 Å². The molecule has 7 nitrogen and oxygen atoms in total. The number of pyridine rings is 1. The number of carboxylic acid groups (broad SMARTS) is 1. The molecule has 0 fully saturated rings. The van der Waals surface area contributed by atoms with E-state index in [1.165, 1.54) is 24.3 Å². The van der Waals surface area contributed by atoms with Crippen LogP contribution in [0.3, 0.4) is 0 Å². The van der Waals surface area contributed by atoms with Crippen molar-refractivity contribution in [1.82, 2.24) is 4.98 Å². The van der Waals surface area contributed by atoms with Gasteiger partial charge in [-0.2, -0.15) is 5.26 Å². The van der Waals surface area contributed by atoms with Crippen molar-refractivity contribution >= 4 is 35.1 Å². The van der Waals surface area contributed by atoms with E-state index in [-0.39, 0.29) is 34.0 Å². The lowest BCUT2D eigenvalue weighted by Gasteiger charge is -2.29. The van der Waals surface area contributed by atoms with Crippen LogP contribution in [0.1, 0.15) is 52.2 Å². The number of Topliss-reactive ketones (excluding diaryl/α,β-unsaturated/α-hetero) is 1. The van der Waals surface area contributed by atoms with Gasteiger partial charge in [-0.3, -0.25) is 9.59 Å². The molecule has 0 spiro atoms. The number of nitrogens with zero attached hydrogens (tertiary/aromatic N) is 2. The molecule has 2 N–H and O–H groups in total. The summed E-state index contributed by atoms with van der Waals surface area (Å²) in [5, 5.41) is 21.4. The summed E-state index contributed by atoms with van der Waals surface area (Å²) in [4.78, 5) is 40.0. The van der Waals surface area contributed by atoms with Gasteiger partial charge in [-0.1, -0.05) is 25.6 Å². The van der Waals surface area contributed by atoms with Crippen molar-refractivity contribution in [2.45, 2.75) is 31.7 Å². The monoisotopic (exact) mass is 409 g/mol. The number of aromatic nitrogens is 1. The topological polar surface area (TPSA) is 120 Å². The maximum atomic E-state index is 12.4. The van der Waals surface area contributed by atoms with Gasteiger partial charge in [0.1, 0.15) is 11.1 Å². The van der Waals surface area contributed by atoms with E-state index >= 15 is 0 Å². The third-order valence-corrected chi connectivity index (χ3v) is 5.52. The van der Waals surface area contributed by atoms with Crippen molar-refractivity contribution in [1.29, 1.82) is 5.26 Å². The molecule has 1 aromatic heterocycles. The van der Waals surface area contributed by atoms with Crippen molar-refractivity contribution in [3.8, 4) is 6.07 Å². The van der Waals surface area contributed by atoms with E-state index in [9.17, 15) is 19.6 Å². The Morgan fingerprint density at radius 3 is 2.59 bits per heavy atom. The SMILES string of the molecule is CC1(C)CC(=O)c2cc(C#N)c(SCC(=O)Nc3ccc(C(=O)O)cc3)nc2C1. The number of hydrogen-bond donors (Lipinski definition) is 2. The van der Waals surface area contributed by atoms with Gasteiger partial charge in [-0.25, -0.2) is 9.78 Å². The van der Waals surface area contributed by atoms with E-state index in [1.54, 1.807) is 6.07 Å². The Labute approximate surface area is 172 Å². The quantitative estimate of drug-likeness (QED) is 0.725. The molecule has 148 valence electrons. The van der Waals surface area contributed by atoms with Gasteiger partial charge in [0.05, 0.1) is 22.6 Å². The predicted octanol–water partition coefficient (Wildman–Crippen LogP) is 3.54. The molecular formula is C21H19N3O4S. The molecule has 1 aliphatic carbocycles. The second-order valence-corrected chi connectivity index (χ2v) is 8.57. The highest BCUT2D eigenvalue weighted by Gasteiger charge is 2.32. The number of aromatic carboxylic acids is 1. The number of carboxylic acids is 1. The zero-order valence-electron chi connectivity index (χ0n) is 16.0. The summed E-state index contributed by atoms with van der Waals surface area (Å²) >= 11 is 1.13. The van der Waals surface area contributed by atoms with E-state index in [2.05, 4.69) is 16.4 Å². The zero-order valence-corrected chi connectivity index (χ0v) is 16.8. The fourth-order valence-electron chi connectivity index (χ4n) is 3.17. The molecule has 0 radical (unpaired) electrons. The number of nitrogens with one attached hydrogen (secondary N) is 1. The Morgan fingerprint density at radius 2 is 1.97 bits per heavy atom. The summed E-state index contributed by atoms with van der Waals surface area (Å²) in [7, 11) is 0. The number of ketones is 1. The van der Waals surface area contributed by atoms with Crippen molar-refractivity contribution < 1.29 is 19.5 Å². The smallest absolute Gasteiger partial charge is 0.335 e. The standard InChI is InChI=1S/C21H19N3O4S/c1-21(2)8-16-15(17(25)9-21)7-13(10-22)19(24-16)29-11-18(26)23-14-5-3-12(4-6-14)20(27)28/h3-7H,8-9,11H2,1-2H3,(H,23,26)(H,27,28). The fraction of sp³-hybridized carbons (Fsp3) is 0.286. The normalized spacial score (nSPS) is 14.6. The molecule has 29 heavy (non-hydrogen) atoms. The van der Waals surface area contributed by atoms with Crippen molar-refractivity contribution in [3.63, 3.8) is 0 Å². The first kappa shape index (κ1) is 20.6. The number of fused-ring (bicyclic) bond motifs is 1. The molecule has 3 rings (SSSR count). The number of benzene rings is 1. The maximum Gasteiger partial charge on any atom is 0.335 e. The molecule has 2 aromatic rings. The highest BCUT2D eigenvalue weighted by molar-refractivity contribution is 8.00. The zero-order chi connectivity index (χ0) is 21.2. The average Bonchev–Trinajstić information content (AvgIpc) is 2.65. The summed E-state index contributed by atoms with van der Waals surface area (Å²) in [6.45, 7) is 4.01. The summed E-state index contributed by atoms with van der Waals surface area (Å²) < 4.78 is 0. The highest BCUT2D eigenvalue weighted by atomic mass is 32.2. The average molecular weight is 409 g/mol. The number of anilines is 1. The lowest BCUT2D eigenvalue weighted by atomic mass is 9.75. The Morgan fingerprint density at radius 1 is 1.28 bits per heavy atom. The molecule has 0 saturated carbocycles. The van der Waals surface area contributed by atoms with Gasteiger partial charge < -0.3 is 10.4 Å². The van der Waals surface area contributed by atoms with Gasteiger partial charge in [0.2, 0.25) is 5.91 Å². The first-order valence-corrected chi connectivity index (χ1v) is 9.90. The van der Waals surface area contributed by atoms with Crippen molar-refractivity contribution in [3.05, 3.63) is 52.7 Å². The van der Waals surface area contributed by atoms with Crippen LogP contribution in [0.4, 0.5) is 5.69 Å². The van der Waals surface area contributed by atoms with Gasteiger partial charge in [-0.15, -0.1) is 0 Å². The minimum absolute atomic E-state index is 0.0145. The molecule has 8 heteroatoms. The number of nitriles is 1. The molecule has 1 heterocycles.